The first kappa shape index (κ1) is 17.9. The van der Waals surface area contributed by atoms with E-state index in [1.165, 1.54) is 6.07 Å². The molecule has 1 heterocycles. The highest BCUT2D eigenvalue weighted by molar-refractivity contribution is 7.92. The van der Waals surface area contributed by atoms with Crippen LogP contribution in [0, 0.1) is 5.92 Å². The van der Waals surface area contributed by atoms with Gasteiger partial charge in [-0.3, -0.25) is 4.79 Å². The number of amides is 1. The van der Waals surface area contributed by atoms with E-state index >= 15 is 0 Å². The van der Waals surface area contributed by atoms with Gasteiger partial charge in [0.25, 0.3) is 5.91 Å². The molecule has 1 saturated heterocycles. The van der Waals surface area contributed by atoms with Gasteiger partial charge in [-0.25, -0.2) is 8.42 Å². The lowest BCUT2D eigenvalue weighted by Crippen LogP contribution is -2.37. The van der Waals surface area contributed by atoms with E-state index in [2.05, 4.69) is 17.3 Å². The molecule has 0 atom stereocenters. The zero-order valence-corrected chi connectivity index (χ0v) is 14.9. The second-order valence-electron chi connectivity index (χ2n) is 6.55. The molecule has 0 unspecified atom stereocenters. The largest absolute Gasteiger partial charge is 0.352 e. The molecular formula is C17H26N2O3S. The molecule has 0 radical (unpaired) electrons. The number of hydrogen-bond donors (Lipinski definition) is 1. The summed E-state index contributed by atoms with van der Waals surface area (Å²) < 4.78 is 24.8. The zero-order valence-electron chi connectivity index (χ0n) is 14.1. The van der Waals surface area contributed by atoms with Gasteiger partial charge in [-0.05, 0) is 64.9 Å². The molecule has 0 bridgehead atoms. The Hall–Kier alpha value is -1.40. The Balaban J connectivity index is 2.08. The van der Waals surface area contributed by atoms with Gasteiger partial charge in [0.05, 0.1) is 15.7 Å². The van der Waals surface area contributed by atoms with E-state index in [4.69, 9.17) is 0 Å². The minimum atomic E-state index is -3.47. The first-order chi connectivity index (χ1) is 10.8. The third kappa shape index (κ3) is 4.32. The maximum Gasteiger partial charge on any atom is 0.252 e. The van der Waals surface area contributed by atoms with Crippen LogP contribution in [0.15, 0.2) is 29.2 Å². The summed E-state index contributed by atoms with van der Waals surface area (Å²) in [4.78, 5) is 14.9. The average molecular weight is 338 g/mol. The Morgan fingerprint density at radius 2 is 1.87 bits per heavy atom. The standard InChI is InChI=1S/C17H26N2O3S/c1-13(2)23(21,22)16-7-5-4-6-15(16)17(20)18-12-14-8-10-19(3)11-9-14/h4-7,13-14H,8-12H2,1-3H3,(H,18,20). The van der Waals surface area contributed by atoms with Crippen LogP contribution >= 0.6 is 0 Å². The van der Waals surface area contributed by atoms with Crippen LogP contribution in [0.1, 0.15) is 37.0 Å². The first-order valence-electron chi connectivity index (χ1n) is 8.12. The van der Waals surface area contributed by atoms with Crippen LogP contribution < -0.4 is 5.32 Å². The van der Waals surface area contributed by atoms with Crippen molar-refractivity contribution in [3.05, 3.63) is 29.8 Å². The fourth-order valence-corrected chi connectivity index (χ4v) is 4.00. The fourth-order valence-electron chi connectivity index (χ4n) is 2.75. The van der Waals surface area contributed by atoms with Gasteiger partial charge in [0.1, 0.15) is 0 Å². The second kappa shape index (κ2) is 7.45. The molecule has 5 nitrogen and oxygen atoms in total. The molecule has 1 amide bonds. The average Bonchev–Trinajstić information content (AvgIpc) is 2.54. The van der Waals surface area contributed by atoms with Gasteiger partial charge in [-0.2, -0.15) is 0 Å². The summed E-state index contributed by atoms with van der Waals surface area (Å²) >= 11 is 0. The monoisotopic (exact) mass is 338 g/mol. The van der Waals surface area contributed by atoms with Crippen molar-refractivity contribution < 1.29 is 13.2 Å². The van der Waals surface area contributed by atoms with Crippen LogP contribution in [-0.2, 0) is 9.84 Å². The van der Waals surface area contributed by atoms with E-state index in [1.807, 2.05) is 0 Å². The van der Waals surface area contributed by atoms with Crippen molar-refractivity contribution in [2.24, 2.45) is 5.92 Å². The van der Waals surface area contributed by atoms with E-state index in [1.54, 1.807) is 32.0 Å². The number of nitrogens with one attached hydrogen (secondary N) is 1. The van der Waals surface area contributed by atoms with E-state index in [-0.39, 0.29) is 16.4 Å². The van der Waals surface area contributed by atoms with Gasteiger partial charge in [-0.1, -0.05) is 12.1 Å². The normalized spacial score (nSPS) is 17.4. The van der Waals surface area contributed by atoms with E-state index in [0.29, 0.717) is 12.5 Å². The number of likely N-dealkylation sites (tertiary alicyclic amines) is 1. The van der Waals surface area contributed by atoms with Crippen molar-refractivity contribution in [3.63, 3.8) is 0 Å². The predicted octanol–water partition coefficient (Wildman–Crippen LogP) is 1.94. The van der Waals surface area contributed by atoms with Crippen LogP contribution in [-0.4, -0.2) is 51.2 Å². The molecular weight excluding hydrogens is 312 g/mol. The van der Waals surface area contributed by atoms with Gasteiger partial charge in [-0.15, -0.1) is 0 Å². The van der Waals surface area contributed by atoms with Crippen molar-refractivity contribution in [1.29, 1.82) is 0 Å². The number of hydrogen-bond acceptors (Lipinski definition) is 4. The molecule has 1 aromatic carbocycles. The Labute approximate surface area is 139 Å². The summed E-state index contributed by atoms with van der Waals surface area (Å²) in [6.45, 7) is 5.94. The lowest BCUT2D eigenvalue weighted by Gasteiger charge is -2.29. The molecule has 1 fully saturated rings. The highest BCUT2D eigenvalue weighted by atomic mass is 32.2. The Morgan fingerprint density at radius 3 is 2.48 bits per heavy atom. The Kier molecular flexibility index (Phi) is 5.81. The molecule has 2 rings (SSSR count). The highest BCUT2D eigenvalue weighted by Crippen LogP contribution is 2.21. The third-order valence-corrected chi connectivity index (χ3v) is 6.66. The minimum absolute atomic E-state index is 0.121. The van der Waals surface area contributed by atoms with Gasteiger partial charge >= 0.3 is 0 Å². The fraction of sp³-hybridized carbons (Fsp3) is 0.588. The number of rotatable bonds is 5. The summed E-state index contributed by atoms with van der Waals surface area (Å²) in [7, 11) is -1.37. The molecule has 0 spiro atoms. The summed E-state index contributed by atoms with van der Waals surface area (Å²) in [5.41, 5.74) is 0.245. The van der Waals surface area contributed by atoms with Crippen LogP contribution in [0.2, 0.25) is 0 Å². The highest BCUT2D eigenvalue weighted by Gasteiger charge is 2.25. The van der Waals surface area contributed by atoms with Crippen molar-refractivity contribution in [2.45, 2.75) is 36.8 Å². The molecule has 1 aliphatic rings. The van der Waals surface area contributed by atoms with Crippen molar-refractivity contribution in [3.8, 4) is 0 Å². The molecule has 23 heavy (non-hydrogen) atoms. The molecule has 1 aliphatic heterocycles. The summed E-state index contributed by atoms with van der Waals surface area (Å²) in [5, 5.41) is 2.36. The third-order valence-electron chi connectivity index (χ3n) is 4.45. The number of carbonyl (C=O) groups excluding carboxylic acids is 1. The van der Waals surface area contributed by atoms with Crippen molar-refractivity contribution in [1.82, 2.24) is 10.2 Å². The number of benzene rings is 1. The van der Waals surface area contributed by atoms with Gasteiger partial charge in [0, 0.05) is 6.54 Å². The lowest BCUT2D eigenvalue weighted by molar-refractivity contribution is 0.0935. The van der Waals surface area contributed by atoms with Crippen molar-refractivity contribution in [2.75, 3.05) is 26.7 Å². The van der Waals surface area contributed by atoms with E-state index in [9.17, 15) is 13.2 Å². The number of sulfone groups is 1. The molecule has 1 aromatic rings. The van der Waals surface area contributed by atoms with Crippen LogP contribution in [0.4, 0.5) is 0 Å². The summed E-state index contributed by atoms with van der Waals surface area (Å²) in [6.07, 6.45) is 2.12. The van der Waals surface area contributed by atoms with Crippen LogP contribution in [0.5, 0.6) is 0 Å². The topological polar surface area (TPSA) is 66.5 Å². The molecule has 6 heteroatoms. The molecule has 0 aromatic heterocycles. The summed E-state index contributed by atoms with van der Waals surface area (Å²) in [6, 6.07) is 6.45. The second-order valence-corrected chi connectivity index (χ2v) is 9.02. The van der Waals surface area contributed by atoms with Crippen LogP contribution in [0.3, 0.4) is 0 Å². The SMILES string of the molecule is CC(C)S(=O)(=O)c1ccccc1C(=O)NCC1CCN(C)CC1. The number of carbonyl (C=O) groups is 1. The molecule has 0 saturated carbocycles. The quantitative estimate of drug-likeness (QED) is 0.891. The Morgan fingerprint density at radius 1 is 1.26 bits per heavy atom. The zero-order chi connectivity index (χ0) is 17.0. The molecule has 0 aliphatic carbocycles. The van der Waals surface area contributed by atoms with Gasteiger partial charge in [0.2, 0.25) is 0 Å². The first-order valence-corrected chi connectivity index (χ1v) is 9.66. The number of piperidine rings is 1. The van der Waals surface area contributed by atoms with E-state index in [0.717, 1.165) is 25.9 Å². The Bertz CT molecular complexity index is 648. The smallest absolute Gasteiger partial charge is 0.252 e. The maximum atomic E-state index is 12.5. The van der Waals surface area contributed by atoms with Crippen LogP contribution in [0.25, 0.3) is 0 Å². The lowest BCUT2D eigenvalue weighted by atomic mass is 9.97. The molecule has 128 valence electrons. The van der Waals surface area contributed by atoms with E-state index < -0.39 is 15.1 Å². The van der Waals surface area contributed by atoms with Gasteiger partial charge < -0.3 is 10.2 Å². The van der Waals surface area contributed by atoms with Crippen molar-refractivity contribution >= 4 is 15.7 Å². The predicted molar refractivity (Wildman–Crippen MR) is 91.3 cm³/mol. The maximum absolute atomic E-state index is 12.5. The minimum Gasteiger partial charge on any atom is -0.352 e. The summed E-state index contributed by atoms with van der Waals surface area (Å²) in [5.74, 6) is 0.160. The van der Waals surface area contributed by atoms with Gasteiger partial charge in [0.15, 0.2) is 9.84 Å². The number of nitrogens with zero attached hydrogens (tertiary/aromatic N) is 1. The molecule has 1 N–H and O–H groups in total.